The number of para-hydroxylation sites is 1. The van der Waals surface area contributed by atoms with Crippen molar-refractivity contribution < 1.29 is 22.3 Å². The predicted octanol–water partition coefficient (Wildman–Crippen LogP) is 5.16. The lowest BCUT2D eigenvalue weighted by Gasteiger charge is -2.12. The Morgan fingerprint density at radius 2 is 1.76 bits per heavy atom. The van der Waals surface area contributed by atoms with E-state index in [4.69, 9.17) is 16.3 Å². The van der Waals surface area contributed by atoms with Crippen LogP contribution in [0, 0.1) is 5.82 Å². The van der Waals surface area contributed by atoms with Crippen LogP contribution in [0.1, 0.15) is 16.7 Å². The summed E-state index contributed by atoms with van der Waals surface area (Å²) in [5, 5.41) is 0. The molecule has 0 heterocycles. The molecule has 0 fully saturated rings. The zero-order chi connectivity index (χ0) is 15.5. The molecule has 0 amide bonds. The van der Waals surface area contributed by atoms with Gasteiger partial charge >= 0.3 is 6.18 Å². The van der Waals surface area contributed by atoms with E-state index >= 15 is 0 Å². The summed E-state index contributed by atoms with van der Waals surface area (Å²) in [4.78, 5) is 0. The summed E-state index contributed by atoms with van der Waals surface area (Å²) in [5.41, 5.74) is -0.0213. The topological polar surface area (TPSA) is 9.23 Å². The Morgan fingerprint density at radius 1 is 1.05 bits per heavy atom. The highest BCUT2D eigenvalue weighted by atomic mass is 35.5. The maximum absolute atomic E-state index is 13.6. The molecule has 2 aromatic rings. The molecule has 0 bridgehead atoms. The number of halogens is 5. The zero-order valence-corrected chi connectivity index (χ0v) is 11.5. The predicted molar refractivity (Wildman–Crippen MR) is 71.7 cm³/mol. The fraction of sp³-hybridized carbons (Fsp3) is 0.200. The van der Waals surface area contributed by atoms with Crippen molar-refractivity contribution in [2.24, 2.45) is 0 Å². The molecule has 0 aliphatic rings. The lowest BCUT2D eigenvalue weighted by atomic mass is 10.1. The molecule has 2 aromatic carbocycles. The normalized spacial score (nSPS) is 11.5. The van der Waals surface area contributed by atoms with E-state index in [9.17, 15) is 17.6 Å². The van der Waals surface area contributed by atoms with Crippen molar-refractivity contribution in [1.29, 1.82) is 0 Å². The van der Waals surface area contributed by atoms with Gasteiger partial charge in [0.2, 0.25) is 0 Å². The van der Waals surface area contributed by atoms with Gasteiger partial charge in [0.15, 0.2) is 11.6 Å². The molecule has 21 heavy (non-hydrogen) atoms. The smallest absolute Gasteiger partial charge is 0.416 e. The molecule has 0 radical (unpaired) electrons. The van der Waals surface area contributed by atoms with Crippen molar-refractivity contribution in [3.8, 4) is 5.75 Å². The van der Waals surface area contributed by atoms with Crippen LogP contribution in [0.5, 0.6) is 5.75 Å². The number of benzene rings is 2. The van der Waals surface area contributed by atoms with Gasteiger partial charge in [0.1, 0.15) is 6.61 Å². The van der Waals surface area contributed by atoms with E-state index in [1.807, 2.05) is 0 Å². The summed E-state index contributed by atoms with van der Waals surface area (Å²) in [5.74, 6) is -0.583. The highest BCUT2D eigenvalue weighted by Crippen LogP contribution is 2.30. The van der Waals surface area contributed by atoms with E-state index in [-0.39, 0.29) is 18.2 Å². The second-order valence-corrected chi connectivity index (χ2v) is 4.62. The minimum absolute atomic E-state index is 0.0371. The van der Waals surface area contributed by atoms with Crippen LogP contribution in [0.15, 0.2) is 42.5 Å². The molecule has 112 valence electrons. The third-order valence-electron chi connectivity index (χ3n) is 2.83. The highest BCUT2D eigenvalue weighted by Gasteiger charge is 2.30. The van der Waals surface area contributed by atoms with Gasteiger partial charge in [-0.2, -0.15) is 13.2 Å². The minimum Gasteiger partial charge on any atom is -0.485 e. The van der Waals surface area contributed by atoms with Crippen LogP contribution in [0.2, 0.25) is 0 Å². The summed E-state index contributed by atoms with van der Waals surface area (Å²) in [6.07, 6.45) is -4.42. The van der Waals surface area contributed by atoms with Crippen molar-refractivity contribution in [1.82, 2.24) is 0 Å². The summed E-state index contributed by atoms with van der Waals surface area (Å²) < 4.78 is 56.7. The fourth-order valence-electron chi connectivity index (χ4n) is 1.81. The molecule has 2 rings (SSSR count). The van der Waals surface area contributed by atoms with Crippen molar-refractivity contribution in [2.75, 3.05) is 0 Å². The van der Waals surface area contributed by atoms with Crippen LogP contribution in [-0.4, -0.2) is 0 Å². The highest BCUT2D eigenvalue weighted by molar-refractivity contribution is 6.17. The maximum Gasteiger partial charge on any atom is 0.416 e. The average Bonchev–Trinajstić information content (AvgIpc) is 2.45. The van der Waals surface area contributed by atoms with E-state index in [2.05, 4.69) is 0 Å². The molecule has 0 N–H and O–H groups in total. The van der Waals surface area contributed by atoms with Crippen LogP contribution in [0.25, 0.3) is 0 Å². The number of alkyl halides is 4. The standard InChI is InChI=1S/C15H11ClF4O/c16-8-11-4-2-6-13(17)14(11)21-9-10-3-1-5-12(7-10)15(18,19)20/h1-7H,8-9H2. The average molecular weight is 319 g/mol. The van der Waals surface area contributed by atoms with Gasteiger partial charge in [-0.1, -0.05) is 24.3 Å². The summed E-state index contributed by atoms with van der Waals surface area (Å²) in [6.45, 7) is -0.172. The van der Waals surface area contributed by atoms with Gasteiger partial charge in [-0.15, -0.1) is 11.6 Å². The lowest BCUT2D eigenvalue weighted by molar-refractivity contribution is -0.137. The van der Waals surface area contributed by atoms with Gasteiger partial charge in [-0.05, 0) is 23.8 Å². The maximum atomic E-state index is 13.6. The Balaban J connectivity index is 2.18. The van der Waals surface area contributed by atoms with Crippen molar-refractivity contribution in [3.63, 3.8) is 0 Å². The monoisotopic (exact) mass is 318 g/mol. The van der Waals surface area contributed by atoms with Crippen LogP contribution in [0.4, 0.5) is 17.6 Å². The van der Waals surface area contributed by atoms with Crippen molar-refractivity contribution in [3.05, 3.63) is 65.0 Å². The molecular weight excluding hydrogens is 308 g/mol. The van der Waals surface area contributed by atoms with E-state index in [1.54, 1.807) is 6.07 Å². The van der Waals surface area contributed by atoms with Gasteiger partial charge in [0, 0.05) is 5.56 Å². The third-order valence-corrected chi connectivity index (χ3v) is 3.12. The first-order chi connectivity index (χ1) is 9.91. The molecule has 1 nitrogen and oxygen atoms in total. The summed E-state index contributed by atoms with van der Waals surface area (Å²) in [7, 11) is 0. The molecule has 0 spiro atoms. The Bertz CT molecular complexity index is 625. The molecular formula is C15H11ClF4O. The first kappa shape index (κ1) is 15.6. The minimum atomic E-state index is -4.42. The molecule has 0 unspecified atom stereocenters. The number of ether oxygens (including phenoxy) is 1. The Kier molecular flexibility index (Phi) is 4.73. The summed E-state index contributed by atoms with van der Waals surface area (Å²) >= 11 is 5.68. The molecule has 0 saturated heterocycles. The Morgan fingerprint density at radius 3 is 2.43 bits per heavy atom. The van der Waals surface area contributed by atoms with E-state index in [0.29, 0.717) is 11.1 Å². The third kappa shape index (κ3) is 3.88. The number of hydrogen-bond donors (Lipinski definition) is 0. The van der Waals surface area contributed by atoms with Gasteiger partial charge in [0.25, 0.3) is 0 Å². The molecule has 0 atom stereocenters. The van der Waals surface area contributed by atoms with Crippen LogP contribution >= 0.6 is 11.6 Å². The van der Waals surface area contributed by atoms with Crippen molar-refractivity contribution >= 4 is 11.6 Å². The van der Waals surface area contributed by atoms with Crippen LogP contribution < -0.4 is 4.74 Å². The molecule has 0 aromatic heterocycles. The first-order valence-corrected chi connectivity index (χ1v) is 6.57. The number of rotatable bonds is 4. The molecule has 0 saturated carbocycles. The molecule has 0 aliphatic heterocycles. The van der Waals surface area contributed by atoms with Gasteiger partial charge in [-0.25, -0.2) is 4.39 Å². The number of hydrogen-bond acceptors (Lipinski definition) is 1. The van der Waals surface area contributed by atoms with Gasteiger partial charge in [0.05, 0.1) is 11.4 Å². The van der Waals surface area contributed by atoms with Gasteiger partial charge in [-0.3, -0.25) is 0 Å². The largest absolute Gasteiger partial charge is 0.485 e. The molecule has 0 aliphatic carbocycles. The quantitative estimate of drug-likeness (QED) is 0.558. The van der Waals surface area contributed by atoms with Crippen LogP contribution in [0.3, 0.4) is 0 Å². The van der Waals surface area contributed by atoms with E-state index < -0.39 is 17.6 Å². The van der Waals surface area contributed by atoms with E-state index in [1.165, 1.54) is 24.3 Å². The SMILES string of the molecule is Fc1cccc(CCl)c1OCc1cccc(C(F)(F)F)c1. The van der Waals surface area contributed by atoms with E-state index in [0.717, 1.165) is 12.1 Å². The fourth-order valence-corrected chi connectivity index (χ4v) is 2.02. The second kappa shape index (κ2) is 6.35. The lowest BCUT2D eigenvalue weighted by Crippen LogP contribution is -2.06. The summed E-state index contributed by atoms with van der Waals surface area (Å²) in [6, 6.07) is 9.00. The first-order valence-electron chi connectivity index (χ1n) is 6.04. The Labute approximate surface area is 124 Å². The van der Waals surface area contributed by atoms with Gasteiger partial charge < -0.3 is 4.74 Å². The zero-order valence-electron chi connectivity index (χ0n) is 10.8. The Hall–Kier alpha value is -1.75. The van der Waals surface area contributed by atoms with Crippen LogP contribution in [-0.2, 0) is 18.7 Å². The second-order valence-electron chi connectivity index (χ2n) is 4.35. The molecule has 6 heteroatoms. The van der Waals surface area contributed by atoms with Crippen molar-refractivity contribution in [2.45, 2.75) is 18.7 Å².